The van der Waals surface area contributed by atoms with Crippen LogP contribution in [0.4, 0.5) is 5.13 Å². The first-order chi connectivity index (χ1) is 9.76. The third-order valence-electron chi connectivity index (χ3n) is 3.97. The molecule has 0 amide bonds. The Labute approximate surface area is 126 Å². The third-order valence-corrected chi connectivity index (χ3v) is 5.35. The van der Waals surface area contributed by atoms with Gasteiger partial charge < -0.3 is 14.4 Å². The lowest BCUT2D eigenvalue weighted by molar-refractivity contribution is -0.169. The van der Waals surface area contributed by atoms with E-state index in [2.05, 4.69) is 16.0 Å². The zero-order valence-corrected chi connectivity index (χ0v) is 12.5. The normalized spacial score (nSPS) is 21.9. The monoisotopic (exact) mass is 310 g/mol. The fourth-order valence-corrected chi connectivity index (χ4v) is 4.18. The van der Waals surface area contributed by atoms with E-state index in [9.17, 15) is 0 Å². The number of hydrogen-bond acceptors (Lipinski definition) is 5. The Hall–Kier alpha value is -0.880. The number of para-hydroxylation sites is 1. The quantitative estimate of drug-likeness (QED) is 0.809. The highest BCUT2D eigenvalue weighted by Crippen LogP contribution is 2.37. The lowest BCUT2D eigenvalue weighted by atomic mass is 10.0. The van der Waals surface area contributed by atoms with Gasteiger partial charge in [-0.15, -0.1) is 0 Å². The van der Waals surface area contributed by atoms with E-state index in [1.165, 1.54) is 0 Å². The van der Waals surface area contributed by atoms with Crippen LogP contribution >= 0.6 is 22.9 Å². The number of rotatable bonds is 1. The molecule has 0 atom stereocenters. The Kier molecular flexibility index (Phi) is 3.11. The van der Waals surface area contributed by atoms with Crippen molar-refractivity contribution < 1.29 is 9.47 Å². The molecule has 2 aromatic rings. The van der Waals surface area contributed by atoms with Crippen molar-refractivity contribution in [1.29, 1.82) is 0 Å². The third kappa shape index (κ3) is 2.09. The maximum Gasteiger partial charge on any atom is 0.186 e. The van der Waals surface area contributed by atoms with Gasteiger partial charge in [0.1, 0.15) is 5.52 Å². The zero-order chi connectivity index (χ0) is 13.6. The summed E-state index contributed by atoms with van der Waals surface area (Å²) in [5.41, 5.74) is 0.905. The standard InChI is InChI=1S/C14H15ClN2O2S/c15-10-2-1-3-11-12(10)16-13(20-11)17-6-4-14(5-7-17)18-8-9-19-14/h1-3H,4-9H2. The van der Waals surface area contributed by atoms with Gasteiger partial charge in [-0.3, -0.25) is 0 Å². The number of thiazole rings is 1. The first-order valence-electron chi connectivity index (χ1n) is 6.84. The minimum atomic E-state index is -0.329. The molecule has 6 heteroatoms. The van der Waals surface area contributed by atoms with Crippen LogP contribution in [-0.2, 0) is 9.47 Å². The summed E-state index contributed by atoms with van der Waals surface area (Å²) in [5.74, 6) is -0.329. The van der Waals surface area contributed by atoms with Crippen LogP contribution in [-0.4, -0.2) is 37.1 Å². The highest BCUT2D eigenvalue weighted by atomic mass is 35.5. The molecule has 1 aromatic carbocycles. The first kappa shape index (κ1) is 12.8. The number of nitrogens with zero attached hydrogens (tertiary/aromatic N) is 2. The van der Waals surface area contributed by atoms with Crippen molar-refractivity contribution in [3.63, 3.8) is 0 Å². The van der Waals surface area contributed by atoms with E-state index >= 15 is 0 Å². The van der Waals surface area contributed by atoms with Gasteiger partial charge in [0.25, 0.3) is 0 Å². The molecule has 3 heterocycles. The van der Waals surface area contributed by atoms with Gasteiger partial charge in [-0.1, -0.05) is 29.0 Å². The van der Waals surface area contributed by atoms with Crippen LogP contribution in [0, 0.1) is 0 Å². The van der Waals surface area contributed by atoms with E-state index in [0.717, 1.165) is 59.5 Å². The van der Waals surface area contributed by atoms with Crippen molar-refractivity contribution in [3.05, 3.63) is 23.2 Å². The number of piperidine rings is 1. The molecule has 4 nitrogen and oxygen atoms in total. The SMILES string of the molecule is Clc1cccc2sc(N3CCC4(CC3)OCCO4)nc12. The summed E-state index contributed by atoms with van der Waals surface area (Å²) in [6, 6.07) is 5.92. The Bertz CT molecular complexity index is 629. The van der Waals surface area contributed by atoms with Crippen molar-refractivity contribution in [3.8, 4) is 0 Å². The molecule has 2 fully saturated rings. The van der Waals surface area contributed by atoms with Gasteiger partial charge >= 0.3 is 0 Å². The smallest absolute Gasteiger partial charge is 0.186 e. The van der Waals surface area contributed by atoms with Crippen LogP contribution in [0.5, 0.6) is 0 Å². The Balaban J connectivity index is 1.57. The van der Waals surface area contributed by atoms with Crippen LogP contribution < -0.4 is 4.90 Å². The van der Waals surface area contributed by atoms with E-state index in [1.54, 1.807) is 11.3 Å². The molecule has 1 spiro atoms. The van der Waals surface area contributed by atoms with Crippen LogP contribution in [0.15, 0.2) is 18.2 Å². The van der Waals surface area contributed by atoms with E-state index in [0.29, 0.717) is 0 Å². The molecule has 0 bridgehead atoms. The summed E-state index contributed by atoms with van der Waals surface area (Å²) < 4.78 is 12.7. The Morgan fingerprint density at radius 2 is 1.95 bits per heavy atom. The highest BCUT2D eigenvalue weighted by molar-refractivity contribution is 7.22. The van der Waals surface area contributed by atoms with Gasteiger partial charge in [-0.2, -0.15) is 0 Å². The molecule has 2 aliphatic rings. The molecule has 106 valence electrons. The summed E-state index contributed by atoms with van der Waals surface area (Å²) in [5, 5.41) is 1.77. The summed E-state index contributed by atoms with van der Waals surface area (Å²) in [7, 11) is 0. The van der Waals surface area contributed by atoms with Gasteiger partial charge in [-0.05, 0) is 12.1 Å². The topological polar surface area (TPSA) is 34.6 Å². The molecule has 0 unspecified atom stereocenters. The second-order valence-corrected chi connectivity index (χ2v) is 6.59. The van der Waals surface area contributed by atoms with E-state index in [-0.39, 0.29) is 5.79 Å². The summed E-state index contributed by atoms with van der Waals surface area (Å²) >= 11 is 7.89. The molecule has 0 saturated carbocycles. The van der Waals surface area contributed by atoms with E-state index in [1.807, 2.05) is 12.1 Å². The van der Waals surface area contributed by atoms with Crippen LogP contribution in [0.3, 0.4) is 0 Å². The minimum Gasteiger partial charge on any atom is -0.348 e. The number of benzene rings is 1. The lowest BCUT2D eigenvalue weighted by Crippen LogP contribution is -2.45. The number of anilines is 1. The molecular formula is C14H15ClN2O2S. The van der Waals surface area contributed by atoms with E-state index in [4.69, 9.17) is 21.1 Å². The summed E-state index contributed by atoms with van der Waals surface area (Å²) in [6.45, 7) is 3.27. The number of aromatic nitrogens is 1. The lowest BCUT2D eigenvalue weighted by Gasteiger charge is -2.37. The van der Waals surface area contributed by atoms with Gasteiger partial charge in [0.2, 0.25) is 0 Å². The van der Waals surface area contributed by atoms with Crippen molar-refractivity contribution >= 4 is 38.3 Å². The predicted molar refractivity (Wildman–Crippen MR) is 80.7 cm³/mol. The number of ether oxygens (including phenoxy) is 2. The molecule has 1 aromatic heterocycles. The molecule has 0 aliphatic carbocycles. The first-order valence-corrected chi connectivity index (χ1v) is 8.03. The predicted octanol–water partition coefficient (Wildman–Crippen LogP) is 3.29. The molecular weight excluding hydrogens is 296 g/mol. The summed E-state index contributed by atoms with van der Waals surface area (Å²) in [4.78, 5) is 6.98. The second-order valence-electron chi connectivity index (χ2n) is 5.18. The Morgan fingerprint density at radius 1 is 1.20 bits per heavy atom. The van der Waals surface area contributed by atoms with Gasteiger partial charge in [0, 0.05) is 25.9 Å². The Morgan fingerprint density at radius 3 is 2.65 bits per heavy atom. The van der Waals surface area contributed by atoms with Crippen molar-refractivity contribution in [2.45, 2.75) is 18.6 Å². The second kappa shape index (κ2) is 4.84. The minimum absolute atomic E-state index is 0.329. The fourth-order valence-electron chi connectivity index (χ4n) is 2.86. The average molecular weight is 311 g/mol. The highest BCUT2D eigenvalue weighted by Gasteiger charge is 2.40. The number of hydrogen-bond donors (Lipinski definition) is 0. The van der Waals surface area contributed by atoms with Crippen LogP contribution in [0.25, 0.3) is 10.2 Å². The molecule has 2 aliphatic heterocycles. The fraction of sp³-hybridized carbons (Fsp3) is 0.500. The molecule has 2 saturated heterocycles. The summed E-state index contributed by atoms with van der Waals surface area (Å²) in [6.07, 6.45) is 1.80. The average Bonchev–Trinajstić information content (AvgIpc) is 3.08. The largest absolute Gasteiger partial charge is 0.348 e. The zero-order valence-electron chi connectivity index (χ0n) is 11.0. The molecule has 0 N–H and O–H groups in total. The van der Waals surface area contributed by atoms with Gasteiger partial charge in [0.15, 0.2) is 10.9 Å². The number of fused-ring (bicyclic) bond motifs is 1. The van der Waals surface area contributed by atoms with Crippen molar-refractivity contribution in [2.24, 2.45) is 0 Å². The maximum atomic E-state index is 6.19. The van der Waals surface area contributed by atoms with Gasteiger partial charge in [-0.25, -0.2) is 4.98 Å². The van der Waals surface area contributed by atoms with E-state index < -0.39 is 0 Å². The molecule has 4 rings (SSSR count). The number of halogens is 1. The van der Waals surface area contributed by atoms with Crippen molar-refractivity contribution in [1.82, 2.24) is 4.98 Å². The molecule has 20 heavy (non-hydrogen) atoms. The van der Waals surface area contributed by atoms with Crippen LogP contribution in [0.1, 0.15) is 12.8 Å². The maximum absolute atomic E-state index is 6.19. The molecule has 0 radical (unpaired) electrons. The van der Waals surface area contributed by atoms with Crippen LogP contribution in [0.2, 0.25) is 5.02 Å². The van der Waals surface area contributed by atoms with Crippen molar-refractivity contribution in [2.75, 3.05) is 31.2 Å². The van der Waals surface area contributed by atoms with Gasteiger partial charge in [0.05, 0.1) is 22.9 Å².